The molecule has 1 aromatic carbocycles. The molecule has 0 aliphatic heterocycles. The highest BCUT2D eigenvalue weighted by atomic mass is 32.2. The van der Waals surface area contributed by atoms with E-state index in [1.807, 2.05) is 6.92 Å². The van der Waals surface area contributed by atoms with Crippen molar-refractivity contribution in [3.05, 3.63) is 29.8 Å². The lowest BCUT2D eigenvalue weighted by molar-refractivity contribution is -0.144. The zero-order chi connectivity index (χ0) is 11.3. The molecule has 1 aromatic rings. The van der Waals surface area contributed by atoms with Crippen molar-refractivity contribution in [2.45, 2.75) is 31.8 Å². The van der Waals surface area contributed by atoms with Gasteiger partial charge in [-0.1, -0.05) is 17.7 Å². The highest BCUT2D eigenvalue weighted by Crippen LogP contribution is 2.19. The predicted octanol–water partition coefficient (Wildman–Crippen LogP) is 3.04. The molecule has 82 valence electrons. The van der Waals surface area contributed by atoms with E-state index < -0.39 is 0 Å². The number of hydrogen-bond acceptors (Lipinski definition) is 3. The number of hydrogen-bond donors (Lipinski definition) is 0. The van der Waals surface area contributed by atoms with Crippen LogP contribution in [0.25, 0.3) is 0 Å². The molecule has 0 heterocycles. The number of carbonyl (C=O) groups excluding carboxylic acids is 1. The van der Waals surface area contributed by atoms with Crippen LogP contribution < -0.4 is 0 Å². The van der Waals surface area contributed by atoms with Gasteiger partial charge in [-0.3, -0.25) is 4.79 Å². The van der Waals surface area contributed by atoms with E-state index in [-0.39, 0.29) is 12.1 Å². The molecule has 0 fully saturated rings. The van der Waals surface area contributed by atoms with Gasteiger partial charge in [0.2, 0.25) is 0 Å². The molecule has 0 aromatic heterocycles. The average molecular weight is 224 g/mol. The van der Waals surface area contributed by atoms with E-state index in [4.69, 9.17) is 4.74 Å². The van der Waals surface area contributed by atoms with Gasteiger partial charge in [-0.25, -0.2) is 0 Å². The lowest BCUT2D eigenvalue weighted by Gasteiger charge is -2.11. The van der Waals surface area contributed by atoms with Crippen molar-refractivity contribution in [1.29, 1.82) is 0 Å². The molecule has 0 bridgehead atoms. The third kappa shape index (κ3) is 4.88. The molecule has 0 saturated carbocycles. The number of esters is 1. The lowest BCUT2D eigenvalue weighted by Crippen LogP contribution is -2.14. The first-order valence-corrected chi connectivity index (χ1v) is 5.93. The maximum Gasteiger partial charge on any atom is 0.302 e. The Labute approximate surface area is 95.0 Å². The minimum Gasteiger partial charge on any atom is -0.462 e. The Morgan fingerprint density at radius 3 is 2.53 bits per heavy atom. The van der Waals surface area contributed by atoms with Crippen LogP contribution in [0.15, 0.2) is 29.2 Å². The molecular formula is C12H16O2S. The van der Waals surface area contributed by atoms with Crippen molar-refractivity contribution < 1.29 is 9.53 Å². The topological polar surface area (TPSA) is 26.3 Å². The second kappa shape index (κ2) is 5.81. The molecule has 0 aliphatic rings. The van der Waals surface area contributed by atoms with E-state index in [2.05, 4.69) is 31.2 Å². The van der Waals surface area contributed by atoms with E-state index in [1.165, 1.54) is 17.4 Å². The fourth-order valence-electron chi connectivity index (χ4n) is 1.17. The van der Waals surface area contributed by atoms with Crippen molar-refractivity contribution in [3.8, 4) is 0 Å². The SMILES string of the molecule is CC(=O)O[C@H](C)CSc1ccc(C)cc1. The standard InChI is InChI=1S/C12H16O2S/c1-9-4-6-12(7-5-9)15-8-10(2)14-11(3)13/h4-7,10H,8H2,1-3H3/t10-/m1/s1. The molecule has 0 saturated heterocycles. The molecule has 2 nitrogen and oxygen atoms in total. The molecule has 0 aliphatic carbocycles. The van der Waals surface area contributed by atoms with E-state index >= 15 is 0 Å². The molecule has 1 rings (SSSR count). The van der Waals surface area contributed by atoms with Crippen molar-refractivity contribution >= 4 is 17.7 Å². The first-order chi connectivity index (χ1) is 7.08. The van der Waals surface area contributed by atoms with Crippen LogP contribution in [0, 0.1) is 6.92 Å². The summed E-state index contributed by atoms with van der Waals surface area (Å²) in [6.07, 6.45) is -0.0335. The largest absolute Gasteiger partial charge is 0.462 e. The fourth-order valence-corrected chi connectivity index (χ4v) is 1.99. The highest BCUT2D eigenvalue weighted by molar-refractivity contribution is 7.99. The summed E-state index contributed by atoms with van der Waals surface area (Å²) in [5.74, 6) is 0.579. The average Bonchev–Trinajstić information content (AvgIpc) is 2.16. The number of benzene rings is 1. The Morgan fingerprint density at radius 2 is 2.00 bits per heavy atom. The number of thioether (sulfide) groups is 1. The summed E-state index contributed by atoms with van der Waals surface area (Å²) in [6.45, 7) is 5.41. The summed E-state index contributed by atoms with van der Waals surface area (Å²) in [7, 11) is 0. The van der Waals surface area contributed by atoms with Gasteiger partial charge in [0.15, 0.2) is 0 Å². The van der Waals surface area contributed by atoms with E-state index in [0.29, 0.717) is 0 Å². The highest BCUT2D eigenvalue weighted by Gasteiger charge is 2.05. The van der Waals surface area contributed by atoms with Crippen LogP contribution in [0.1, 0.15) is 19.4 Å². The summed E-state index contributed by atoms with van der Waals surface area (Å²) in [4.78, 5) is 11.9. The Bertz CT molecular complexity index is 319. The van der Waals surface area contributed by atoms with Crippen LogP contribution in [-0.2, 0) is 9.53 Å². The third-order valence-corrected chi connectivity index (χ3v) is 3.11. The molecule has 0 N–H and O–H groups in total. The summed E-state index contributed by atoms with van der Waals surface area (Å²) in [6, 6.07) is 8.33. The molecule has 15 heavy (non-hydrogen) atoms. The van der Waals surface area contributed by atoms with Gasteiger partial charge in [0.05, 0.1) is 0 Å². The van der Waals surface area contributed by atoms with Crippen LogP contribution in [0.4, 0.5) is 0 Å². The van der Waals surface area contributed by atoms with E-state index in [9.17, 15) is 4.79 Å². The number of carbonyl (C=O) groups is 1. The Hall–Kier alpha value is -0.960. The molecular weight excluding hydrogens is 208 g/mol. The smallest absolute Gasteiger partial charge is 0.302 e. The van der Waals surface area contributed by atoms with Crippen molar-refractivity contribution in [2.75, 3.05) is 5.75 Å². The number of aryl methyl sites for hydroxylation is 1. The molecule has 0 radical (unpaired) electrons. The van der Waals surface area contributed by atoms with Crippen molar-refractivity contribution in [2.24, 2.45) is 0 Å². The quantitative estimate of drug-likeness (QED) is 0.581. The summed E-state index contributed by atoms with van der Waals surface area (Å²) in [5, 5.41) is 0. The molecule has 1 atom stereocenters. The van der Waals surface area contributed by atoms with Crippen LogP contribution >= 0.6 is 11.8 Å². The van der Waals surface area contributed by atoms with Gasteiger partial charge in [-0.2, -0.15) is 0 Å². The summed E-state index contributed by atoms with van der Waals surface area (Å²) in [5.41, 5.74) is 1.26. The molecule has 3 heteroatoms. The normalized spacial score (nSPS) is 12.2. The maximum absolute atomic E-state index is 10.7. The van der Waals surface area contributed by atoms with E-state index in [0.717, 1.165) is 5.75 Å². The van der Waals surface area contributed by atoms with Crippen LogP contribution in [0.2, 0.25) is 0 Å². The van der Waals surface area contributed by atoms with Crippen LogP contribution in [-0.4, -0.2) is 17.8 Å². The zero-order valence-corrected chi connectivity index (χ0v) is 10.1. The van der Waals surface area contributed by atoms with Gasteiger partial charge in [0.1, 0.15) is 6.10 Å². The molecule has 0 spiro atoms. The lowest BCUT2D eigenvalue weighted by atomic mass is 10.2. The van der Waals surface area contributed by atoms with Gasteiger partial charge >= 0.3 is 5.97 Å². The number of rotatable bonds is 4. The Balaban J connectivity index is 2.36. The minimum absolute atomic E-state index is 0.0335. The Kier molecular flexibility index (Phi) is 4.69. The zero-order valence-electron chi connectivity index (χ0n) is 9.32. The van der Waals surface area contributed by atoms with Crippen LogP contribution in [0.5, 0.6) is 0 Å². The number of ether oxygens (including phenoxy) is 1. The monoisotopic (exact) mass is 224 g/mol. The molecule has 0 unspecified atom stereocenters. The van der Waals surface area contributed by atoms with E-state index in [1.54, 1.807) is 11.8 Å². The van der Waals surface area contributed by atoms with Gasteiger partial charge in [-0.15, -0.1) is 11.8 Å². The van der Waals surface area contributed by atoms with Gasteiger partial charge in [-0.05, 0) is 26.0 Å². The maximum atomic E-state index is 10.7. The van der Waals surface area contributed by atoms with Crippen LogP contribution in [0.3, 0.4) is 0 Å². The van der Waals surface area contributed by atoms with Gasteiger partial charge in [0, 0.05) is 17.6 Å². The van der Waals surface area contributed by atoms with Gasteiger partial charge in [0.25, 0.3) is 0 Å². The van der Waals surface area contributed by atoms with Crippen molar-refractivity contribution in [3.63, 3.8) is 0 Å². The summed E-state index contributed by atoms with van der Waals surface area (Å²) < 4.78 is 5.04. The third-order valence-electron chi connectivity index (χ3n) is 1.87. The fraction of sp³-hybridized carbons (Fsp3) is 0.417. The predicted molar refractivity (Wildman–Crippen MR) is 63.1 cm³/mol. The first-order valence-electron chi connectivity index (χ1n) is 4.94. The first kappa shape index (κ1) is 12.1. The Morgan fingerprint density at radius 1 is 1.40 bits per heavy atom. The molecule has 0 amide bonds. The van der Waals surface area contributed by atoms with Gasteiger partial charge < -0.3 is 4.74 Å². The second-order valence-electron chi connectivity index (χ2n) is 3.54. The second-order valence-corrected chi connectivity index (χ2v) is 4.64. The summed E-state index contributed by atoms with van der Waals surface area (Å²) >= 11 is 1.70. The van der Waals surface area contributed by atoms with Crippen molar-refractivity contribution in [1.82, 2.24) is 0 Å². The minimum atomic E-state index is -0.216.